The van der Waals surface area contributed by atoms with Crippen LogP contribution in [0.5, 0.6) is 0 Å². The van der Waals surface area contributed by atoms with Crippen LogP contribution in [0, 0.1) is 12.8 Å². The summed E-state index contributed by atoms with van der Waals surface area (Å²) in [7, 11) is -3.95. The highest BCUT2D eigenvalue weighted by Gasteiger charge is 2.31. The Balaban J connectivity index is 2.10. The van der Waals surface area contributed by atoms with Gasteiger partial charge in [0.2, 0.25) is 0 Å². The third-order valence-corrected chi connectivity index (χ3v) is 7.02. The van der Waals surface area contributed by atoms with Crippen LogP contribution in [0.1, 0.15) is 89.5 Å². The molecule has 1 saturated carbocycles. The van der Waals surface area contributed by atoms with Gasteiger partial charge in [-0.05, 0) is 37.8 Å². The largest absolute Gasteiger partial charge is 0.297 e. The molecule has 28 heavy (non-hydrogen) atoms. The molecule has 1 aromatic carbocycles. The van der Waals surface area contributed by atoms with E-state index in [1.807, 2.05) is 13.8 Å². The van der Waals surface area contributed by atoms with E-state index < -0.39 is 16.2 Å². The molecular formula is C23H36O4S. The van der Waals surface area contributed by atoms with Crippen molar-refractivity contribution in [3.63, 3.8) is 0 Å². The number of benzene rings is 1. The van der Waals surface area contributed by atoms with Crippen molar-refractivity contribution >= 4 is 15.9 Å². The highest BCUT2D eigenvalue weighted by Crippen LogP contribution is 2.25. The summed E-state index contributed by atoms with van der Waals surface area (Å²) in [6.07, 6.45) is 11.8. The highest BCUT2D eigenvalue weighted by atomic mass is 32.2. The van der Waals surface area contributed by atoms with Crippen molar-refractivity contribution < 1.29 is 17.4 Å². The summed E-state index contributed by atoms with van der Waals surface area (Å²) in [6.45, 7) is 3.86. The molecule has 5 heteroatoms. The second-order valence-electron chi connectivity index (χ2n) is 8.30. The molecule has 1 aromatic rings. The highest BCUT2D eigenvalue weighted by molar-refractivity contribution is 7.86. The Morgan fingerprint density at radius 2 is 1.32 bits per heavy atom. The van der Waals surface area contributed by atoms with E-state index in [0.717, 1.165) is 44.1 Å². The first-order chi connectivity index (χ1) is 13.4. The normalized spacial score (nSPS) is 24.3. The van der Waals surface area contributed by atoms with Crippen LogP contribution in [0.15, 0.2) is 29.2 Å². The summed E-state index contributed by atoms with van der Waals surface area (Å²) in [6, 6.07) is 6.59. The first-order valence-electron chi connectivity index (χ1n) is 10.9. The number of aryl methyl sites for hydroxylation is 1. The van der Waals surface area contributed by atoms with Gasteiger partial charge < -0.3 is 0 Å². The lowest BCUT2D eigenvalue weighted by Gasteiger charge is -2.23. The molecule has 2 unspecified atom stereocenters. The van der Waals surface area contributed by atoms with Gasteiger partial charge in [-0.3, -0.25) is 8.98 Å². The van der Waals surface area contributed by atoms with Gasteiger partial charge >= 0.3 is 0 Å². The molecule has 1 aliphatic carbocycles. The smallest absolute Gasteiger partial charge is 0.297 e. The van der Waals surface area contributed by atoms with Crippen LogP contribution in [0.3, 0.4) is 0 Å². The Morgan fingerprint density at radius 1 is 0.821 bits per heavy atom. The molecule has 0 heterocycles. The molecule has 0 amide bonds. The molecule has 0 aliphatic heterocycles. The molecule has 2 rings (SSSR count). The third-order valence-electron chi connectivity index (χ3n) is 5.71. The van der Waals surface area contributed by atoms with Gasteiger partial charge in [-0.25, -0.2) is 0 Å². The Labute approximate surface area is 171 Å². The second kappa shape index (κ2) is 11.7. The summed E-state index contributed by atoms with van der Waals surface area (Å²) in [5, 5.41) is 0. The van der Waals surface area contributed by atoms with E-state index in [2.05, 4.69) is 0 Å². The zero-order valence-corrected chi connectivity index (χ0v) is 18.3. The van der Waals surface area contributed by atoms with Gasteiger partial charge in [0.05, 0.1) is 4.90 Å². The van der Waals surface area contributed by atoms with E-state index in [9.17, 15) is 13.2 Å². The average molecular weight is 409 g/mol. The zero-order chi connectivity index (χ0) is 20.4. The fourth-order valence-corrected chi connectivity index (χ4v) is 4.99. The monoisotopic (exact) mass is 408 g/mol. The van der Waals surface area contributed by atoms with E-state index in [4.69, 9.17) is 4.18 Å². The van der Waals surface area contributed by atoms with Crippen LogP contribution in [0.25, 0.3) is 0 Å². The fraction of sp³-hybridized carbons (Fsp3) is 0.696. The minimum atomic E-state index is -3.95. The number of ketones is 1. The standard InChI is InChI=1S/C23H36O4S/c1-19-15-17-21(18-16-19)28(25,26)27-23-20(2)13-11-9-7-5-3-4-6-8-10-12-14-22(23)24/h15-18,20,23H,3-14H2,1-2H3. The maximum atomic E-state index is 12.8. The maximum Gasteiger partial charge on any atom is 0.297 e. The lowest BCUT2D eigenvalue weighted by molar-refractivity contribution is -0.128. The van der Waals surface area contributed by atoms with Crippen LogP contribution in [-0.2, 0) is 19.1 Å². The van der Waals surface area contributed by atoms with Gasteiger partial charge in [0, 0.05) is 6.42 Å². The molecule has 0 saturated heterocycles. The SMILES string of the molecule is Cc1ccc(S(=O)(=O)OC2C(=O)CCCCCCCCCCCCC2C)cc1. The Morgan fingerprint density at radius 3 is 1.89 bits per heavy atom. The van der Waals surface area contributed by atoms with Gasteiger partial charge in [0.1, 0.15) is 6.10 Å². The Hall–Kier alpha value is -1.20. The van der Waals surface area contributed by atoms with E-state index in [0.29, 0.717) is 6.42 Å². The molecule has 4 nitrogen and oxygen atoms in total. The minimum absolute atomic E-state index is 0.0712. The molecule has 0 spiro atoms. The van der Waals surface area contributed by atoms with Crippen LogP contribution in [0.2, 0.25) is 0 Å². The Kier molecular flexibility index (Phi) is 9.66. The van der Waals surface area contributed by atoms with Gasteiger partial charge in [-0.15, -0.1) is 0 Å². The molecule has 0 bridgehead atoms. The third kappa shape index (κ3) is 7.67. The van der Waals surface area contributed by atoms with Crippen LogP contribution < -0.4 is 0 Å². The molecule has 0 radical (unpaired) electrons. The van der Waals surface area contributed by atoms with Crippen molar-refractivity contribution in [2.45, 2.75) is 102 Å². The summed E-state index contributed by atoms with van der Waals surface area (Å²) in [5.74, 6) is -0.170. The molecule has 0 aromatic heterocycles. The molecule has 2 atom stereocenters. The molecule has 158 valence electrons. The van der Waals surface area contributed by atoms with Gasteiger partial charge in [0.15, 0.2) is 5.78 Å². The maximum absolute atomic E-state index is 12.8. The number of carbonyl (C=O) groups excluding carboxylic acids is 1. The van der Waals surface area contributed by atoms with Crippen LogP contribution in [0.4, 0.5) is 0 Å². The molecular weight excluding hydrogens is 372 g/mol. The molecule has 1 aliphatic rings. The number of rotatable bonds is 3. The number of carbonyl (C=O) groups is 1. The number of Topliss-reactive ketones (excluding diaryl/α,β-unsaturated/α-hetero) is 1. The van der Waals surface area contributed by atoms with E-state index in [1.54, 1.807) is 24.3 Å². The van der Waals surface area contributed by atoms with Crippen molar-refractivity contribution in [2.75, 3.05) is 0 Å². The predicted molar refractivity (Wildman–Crippen MR) is 113 cm³/mol. The van der Waals surface area contributed by atoms with Crippen molar-refractivity contribution in [1.82, 2.24) is 0 Å². The topological polar surface area (TPSA) is 60.4 Å². The number of hydrogen-bond donors (Lipinski definition) is 0. The van der Waals surface area contributed by atoms with E-state index in [-0.39, 0.29) is 16.6 Å². The average Bonchev–Trinajstić information content (AvgIpc) is 2.67. The quantitative estimate of drug-likeness (QED) is 0.578. The summed E-state index contributed by atoms with van der Waals surface area (Å²) >= 11 is 0. The summed E-state index contributed by atoms with van der Waals surface area (Å²) < 4.78 is 31.0. The summed E-state index contributed by atoms with van der Waals surface area (Å²) in [4.78, 5) is 13.0. The van der Waals surface area contributed by atoms with Crippen LogP contribution in [-0.4, -0.2) is 20.3 Å². The lowest BCUT2D eigenvalue weighted by Crippen LogP contribution is -2.33. The summed E-state index contributed by atoms with van der Waals surface area (Å²) in [5.41, 5.74) is 0.984. The van der Waals surface area contributed by atoms with Gasteiger partial charge in [-0.1, -0.05) is 82.4 Å². The van der Waals surface area contributed by atoms with Crippen molar-refractivity contribution in [2.24, 2.45) is 5.92 Å². The second-order valence-corrected chi connectivity index (χ2v) is 9.87. The first kappa shape index (κ1) is 23.1. The first-order valence-corrected chi connectivity index (χ1v) is 12.3. The Bertz CT molecular complexity index is 694. The molecule has 0 N–H and O–H groups in total. The van der Waals surface area contributed by atoms with Crippen molar-refractivity contribution in [3.05, 3.63) is 29.8 Å². The molecule has 1 fully saturated rings. The van der Waals surface area contributed by atoms with Gasteiger partial charge in [-0.2, -0.15) is 8.42 Å². The van der Waals surface area contributed by atoms with Crippen LogP contribution >= 0.6 is 0 Å². The fourth-order valence-electron chi connectivity index (χ4n) is 3.84. The minimum Gasteiger partial charge on any atom is -0.297 e. The predicted octanol–water partition coefficient (Wildman–Crippen LogP) is 5.97. The van der Waals surface area contributed by atoms with Gasteiger partial charge in [0.25, 0.3) is 10.1 Å². The zero-order valence-electron chi connectivity index (χ0n) is 17.5. The lowest BCUT2D eigenvalue weighted by atomic mass is 9.92. The van der Waals surface area contributed by atoms with E-state index in [1.165, 1.54) is 32.1 Å². The van der Waals surface area contributed by atoms with E-state index >= 15 is 0 Å². The number of hydrogen-bond acceptors (Lipinski definition) is 4. The van der Waals surface area contributed by atoms with Crippen molar-refractivity contribution in [3.8, 4) is 0 Å². The van der Waals surface area contributed by atoms with Crippen molar-refractivity contribution in [1.29, 1.82) is 0 Å².